The molecule has 1 N–H and O–H groups in total. The van der Waals surface area contributed by atoms with E-state index in [1.165, 1.54) is 0 Å². The van der Waals surface area contributed by atoms with Gasteiger partial charge in [0.25, 0.3) is 6.26 Å². The van der Waals surface area contributed by atoms with E-state index in [0.29, 0.717) is 5.41 Å². The topological polar surface area (TPSA) is 73.5 Å². The zero-order chi connectivity index (χ0) is 12.8. The third-order valence-corrected chi connectivity index (χ3v) is 3.60. The summed E-state index contributed by atoms with van der Waals surface area (Å²) < 4.78 is 0. The first-order valence-corrected chi connectivity index (χ1v) is 5.43. The highest BCUT2D eigenvalue weighted by molar-refractivity contribution is 5.35. The van der Waals surface area contributed by atoms with Crippen molar-refractivity contribution >= 4 is 6.08 Å². The number of nitrogens with zero attached hydrogens (tertiary/aromatic N) is 2. The van der Waals surface area contributed by atoms with Crippen LogP contribution in [0.2, 0.25) is 0 Å². The molecule has 90 valence electrons. The molecular weight excluding hydrogens is 204 g/mol. The van der Waals surface area contributed by atoms with Crippen LogP contribution in [0.4, 0.5) is 0 Å². The van der Waals surface area contributed by atoms with Crippen LogP contribution in [0, 0.1) is 22.9 Å². The minimum absolute atomic E-state index is 0.155. The Morgan fingerprint density at radius 2 is 1.94 bits per heavy atom. The molecule has 0 bridgehead atoms. The molecule has 0 radical (unpaired) electrons. The van der Waals surface area contributed by atoms with Gasteiger partial charge in [-0.15, -0.1) is 0 Å². The van der Waals surface area contributed by atoms with Gasteiger partial charge in [-0.05, 0) is 37.5 Å². The fourth-order valence-electron chi connectivity index (χ4n) is 2.37. The van der Waals surface area contributed by atoms with E-state index in [4.69, 9.17) is 10.4 Å². The monoisotopic (exact) mass is 224 g/mol. The summed E-state index contributed by atoms with van der Waals surface area (Å²) in [4.78, 5) is 14.2. The summed E-state index contributed by atoms with van der Waals surface area (Å²) in [5, 5.41) is 13.8. The van der Waals surface area contributed by atoms with Gasteiger partial charge in [-0.3, -0.25) is 0 Å². The van der Waals surface area contributed by atoms with Crippen LogP contribution in [0.15, 0.2) is 4.99 Å². The van der Waals surface area contributed by atoms with Crippen LogP contribution in [0.5, 0.6) is 0 Å². The summed E-state index contributed by atoms with van der Waals surface area (Å²) in [6.07, 6.45) is 5.63. The van der Waals surface area contributed by atoms with Gasteiger partial charge in [0, 0.05) is 0 Å². The first-order valence-electron chi connectivity index (χ1n) is 5.43. The van der Waals surface area contributed by atoms with Crippen molar-refractivity contribution < 1.29 is 9.90 Å². The molecule has 1 fully saturated rings. The minimum Gasteiger partial charge on any atom is -0.443 e. The summed E-state index contributed by atoms with van der Waals surface area (Å²) in [7, 11) is 0. The number of rotatable bonds is 1. The van der Waals surface area contributed by atoms with E-state index in [1.54, 1.807) is 6.08 Å². The Labute approximate surface area is 97.0 Å². The average Bonchev–Trinajstić information content (AvgIpc) is 2.13. The lowest BCUT2D eigenvalue weighted by atomic mass is 9.63. The van der Waals surface area contributed by atoms with Gasteiger partial charge in [0.15, 0.2) is 0 Å². The van der Waals surface area contributed by atoms with Gasteiger partial charge >= 0.3 is 0 Å². The van der Waals surface area contributed by atoms with Crippen LogP contribution in [-0.2, 0) is 4.79 Å². The van der Waals surface area contributed by atoms with E-state index in [9.17, 15) is 4.79 Å². The van der Waals surface area contributed by atoms with Crippen molar-refractivity contribution in [2.24, 2.45) is 16.3 Å². The van der Waals surface area contributed by atoms with Gasteiger partial charge in [-0.1, -0.05) is 20.8 Å². The SMILES string of the molecule is CC1CCC(C)(N=C=O)CC1(C)C.N#CO. The Bertz CT molecular complexity index is 313. The van der Waals surface area contributed by atoms with Crippen LogP contribution in [0.3, 0.4) is 0 Å². The molecule has 1 saturated carbocycles. The number of hydrogen-bond acceptors (Lipinski definition) is 4. The van der Waals surface area contributed by atoms with E-state index in [0.717, 1.165) is 31.4 Å². The Kier molecular flexibility index (Phi) is 5.20. The molecule has 0 aromatic carbocycles. The molecule has 1 aliphatic carbocycles. The number of aliphatic hydroxyl groups is 1. The van der Waals surface area contributed by atoms with Crippen LogP contribution in [0.1, 0.15) is 47.0 Å². The summed E-state index contributed by atoms with van der Waals surface area (Å²) in [6.45, 7) is 8.86. The molecule has 2 unspecified atom stereocenters. The Morgan fingerprint density at radius 1 is 1.44 bits per heavy atom. The number of hydrogen-bond donors (Lipinski definition) is 1. The predicted octanol–water partition coefficient (Wildman–Crippen LogP) is 2.77. The maximum absolute atomic E-state index is 10.3. The number of carbonyl (C=O) groups excluding carboxylic acids is 1. The summed E-state index contributed by atoms with van der Waals surface area (Å²) in [5.41, 5.74) is 0.144. The zero-order valence-corrected chi connectivity index (χ0v) is 10.4. The molecule has 2 atom stereocenters. The minimum atomic E-state index is -0.155. The standard InChI is InChI=1S/C11H19NO.CHNO/c1-9-5-6-11(4,12-8-13)7-10(9,2)3;2-1-3/h9H,5-7H2,1-4H3;3H. The normalized spacial score (nSPS) is 31.3. The molecule has 0 spiro atoms. The van der Waals surface area contributed by atoms with Crippen molar-refractivity contribution in [2.45, 2.75) is 52.5 Å². The molecule has 0 saturated heterocycles. The number of aliphatic imine (C=N–C) groups is 1. The number of isocyanates is 1. The Morgan fingerprint density at radius 3 is 2.31 bits per heavy atom. The summed E-state index contributed by atoms with van der Waals surface area (Å²) >= 11 is 0. The zero-order valence-electron chi connectivity index (χ0n) is 10.4. The highest BCUT2D eigenvalue weighted by Crippen LogP contribution is 2.46. The average molecular weight is 224 g/mol. The van der Waals surface area contributed by atoms with Crippen molar-refractivity contribution in [3.8, 4) is 6.26 Å². The lowest BCUT2D eigenvalue weighted by Gasteiger charge is -2.44. The van der Waals surface area contributed by atoms with E-state index in [-0.39, 0.29) is 5.54 Å². The van der Waals surface area contributed by atoms with E-state index in [2.05, 4.69) is 32.7 Å². The molecular formula is C12H20N2O2. The number of nitriles is 1. The fourth-order valence-corrected chi connectivity index (χ4v) is 2.37. The molecule has 0 amide bonds. The van der Waals surface area contributed by atoms with Crippen LogP contribution in [-0.4, -0.2) is 16.7 Å². The highest BCUT2D eigenvalue weighted by atomic mass is 16.2. The quantitative estimate of drug-likeness (QED) is 0.423. The van der Waals surface area contributed by atoms with Gasteiger partial charge in [0.05, 0.1) is 5.54 Å². The molecule has 0 aromatic rings. The van der Waals surface area contributed by atoms with E-state index >= 15 is 0 Å². The Balaban J connectivity index is 0.000000673. The van der Waals surface area contributed by atoms with E-state index in [1.807, 2.05) is 0 Å². The second-order valence-electron chi connectivity index (χ2n) is 5.41. The molecule has 16 heavy (non-hydrogen) atoms. The van der Waals surface area contributed by atoms with Crippen molar-refractivity contribution in [3.05, 3.63) is 0 Å². The molecule has 1 aliphatic rings. The van der Waals surface area contributed by atoms with Gasteiger partial charge in [-0.2, -0.15) is 10.3 Å². The summed E-state index contributed by atoms with van der Waals surface area (Å²) in [5.74, 6) is 0.724. The van der Waals surface area contributed by atoms with Crippen molar-refractivity contribution in [1.82, 2.24) is 0 Å². The van der Waals surface area contributed by atoms with Crippen molar-refractivity contribution in [1.29, 1.82) is 5.26 Å². The van der Waals surface area contributed by atoms with Gasteiger partial charge in [-0.25, -0.2) is 4.79 Å². The number of aliphatic hydroxyl groups excluding tert-OH is 1. The molecule has 0 aromatic heterocycles. The molecule has 4 heteroatoms. The van der Waals surface area contributed by atoms with Crippen molar-refractivity contribution in [2.75, 3.05) is 0 Å². The predicted molar refractivity (Wildman–Crippen MR) is 60.9 cm³/mol. The maximum atomic E-state index is 10.3. The van der Waals surface area contributed by atoms with Crippen LogP contribution >= 0.6 is 0 Å². The second-order valence-corrected chi connectivity index (χ2v) is 5.41. The molecule has 0 heterocycles. The second kappa shape index (κ2) is 5.67. The van der Waals surface area contributed by atoms with Crippen LogP contribution in [0.25, 0.3) is 0 Å². The highest BCUT2D eigenvalue weighted by Gasteiger charge is 2.40. The molecule has 4 nitrogen and oxygen atoms in total. The fraction of sp³-hybridized carbons (Fsp3) is 0.833. The van der Waals surface area contributed by atoms with Crippen molar-refractivity contribution in [3.63, 3.8) is 0 Å². The lowest BCUT2D eigenvalue weighted by molar-refractivity contribution is 0.0975. The largest absolute Gasteiger partial charge is 0.443 e. The molecule has 0 aliphatic heterocycles. The Hall–Kier alpha value is -1.33. The first kappa shape index (κ1) is 14.7. The first-order chi connectivity index (χ1) is 7.31. The smallest absolute Gasteiger partial charge is 0.283 e. The lowest BCUT2D eigenvalue weighted by Crippen LogP contribution is -2.39. The van der Waals surface area contributed by atoms with Gasteiger partial charge in [0.1, 0.15) is 0 Å². The third-order valence-electron chi connectivity index (χ3n) is 3.60. The molecule has 1 rings (SSSR count). The van der Waals surface area contributed by atoms with E-state index < -0.39 is 0 Å². The van der Waals surface area contributed by atoms with Crippen LogP contribution < -0.4 is 0 Å². The maximum Gasteiger partial charge on any atom is 0.283 e. The summed E-state index contributed by atoms with van der Waals surface area (Å²) in [6, 6.07) is 0. The van der Waals surface area contributed by atoms with Gasteiger partial charge < -0.3 is 5.11 Å². The van der Waals surface area contributed by atoms with Gasteiger partial charge in [0.2, 0.25) is 6.08 Å². The third kappa shape index (κ3) is 4.04.